The molecule has 0 aliphatic carbocycles. The Kier molecular flexibility index (Phi) is 7.17. The highest BCUT2D eigenvalue weighted by molar-refractivity contribution is 8.01. The Morgan fingerprint density at radius 1 is 1.06 bits per heavy atom. The molecule has 0 saturated carbocycles. The van der Waals surface area contributed by atoms with Crippen LogP contribution in [-0.4, -0.2) is 50.0 Å². The average molecular weight is 474 g/mol. The summed E-state index contributed by atoms with van der Waals surface area (Å²) >= 11 is 1.19. The molecule has 2 aromatic carbocycles. The van der Waals surface area contributed by atoms with Crippen molar-refractivity contribution in [2.24, 2.45) is 0 Å². The number of carbonyl (C=O) groups excluding carboxylic acids is 2. The van der Waals surface area contributed by atoms with Crippen molar-refractivity contribution in [3.8, 4) is 0 Å². The summed E-state index contributed by atoms with van der Waals surface area (Å²) in [4.78, 5) is 28.2. The number of thioether (sulfide) groups is 1. The Morgan fingerprint density at radius 3 is 2.50 bits per heavy atom. The molecule has 2 aliphatic rings. The van der Waals surface area contributed by atoms with E-state index in [1.54, 1.807) is 11.0 Å². The smallest absolute Gasteiger partial charge is 0.247 e. The van der Waals surface area contributed by atoms with E-state index in [2.05, 4.69) is 10.0 Å². The van der Waals surface area contributed by atoms with E-state index >= 15 is 0 Å². The Hall–Kier alpha value is -2.36. The Balaban J connectivity index is 1.43. The van der Waals surface area contributed by atoms with Crippen molar-refractivity contribution in [2.45, 2.75) is 47.1 Å². The molecule has 2 aromatic rings. The van der Waals surface area contributed by atoms with Gasteiger partial charge in [-0.3, -0.25) is 9.59 Å². The van der Waals surface area contributed by atoms with Gasteiger partial charge in [-0.15, -0.1) is 11.8 Å². The Bertz CT molecular complexity index is 1080. The topological polar surface area (TPSA) is 95.6 Å². The minimum Gasteiger partial charge on any atom is -0.341 e. The van der Waals surface area contributed by atoms with Crippen molar-refractivity contribution in [2.75, 3.05) is 25.0 Å². The lowest BCUT2D eigenvalue weighted by molar-refractivity contribution is -0.133. The third kappa shape index (κ3) is 5.33. The molecule has 0 spiro atoms. The molecule has 1 saturated heterocycles. The highest BCUT2D eigenvalue weighted by Crippen LogP contribution is 2.38. The van der Waals surface area contributed by atoms with Crippen LogP contribution in [0.1, 0.15) is 31.2 Å². The van der Waals surface area contributed by atoms with Gasteiger partial charge >= 0.3 is 0 Å². The number of hydrogen-bond acceptors (Lipinski definition) is 5. The maximum absolute atomic E-state index is 12.9. The lowest BCUT2D eigenvalue weighted by Gasteiger charge is -2.28. The number of likely N-dealkylation sites (tertiary alicyclic amines) is 1. The standard InChI is InChI=1S/C23H27N3O4S2/c27-22-21(23(28)26-14-6-1-2-7-15-26)31-20-11-10-18(16-19(20)25-22)32(29,30)24-13-12-17-8-4-3-5-9-17/h3-5,8-11,16,21,24H,1-2,6-7,12-15H2,(H,25,27)/t21-/m1/s1. The van der Waals surface area contributed by atoms with Crippen molar-refractivity contribution >= 4 is 39.3 Å². The zero-order valence-corrected chi connectivity index (χ0v) is 19.4. The van der Waals surface area contributed by atoms with Crippen LogP contribution < -0.4 is 10.0 Å². The van der Waals surface area contributed by atoms with E-state index < -0.39 is 21.2 Å². The first kappa shape index (κ1) is 22.8. The predicted molar refractivity (Wildman–Crippen MR) is 125 cm³/mol. The first-order valence-electron chi connectivity index (χ1n) is 10.9. The molecular formula is C23H27N3O4S2. The van der Waals surface area contributed by atoms with Gasteiger partial charge in [0.05, 0.1) is 10.6 Å². The van der Waals surface area contributed by atoms with E-state index in [4.69, 9.17) is 0 Å². The number of carbonyl (C=O) groups is 2. The van der Waals surface area contributed by atoms with Crippen molar-refractivity contribution in [3.05, 3.63) is 54.1 Å². The summed E-state index contributed by atoms with van der Waals surface area (Å²) < 4.78 is 28.0. The first-order chi connectivity index (χ1) is 15.4. The van der Waals surface area contributed by atoms with Crippen LogP contribution in [0.4, 0.5) is 5.69 Å². The fourth-order valence-corrected chi connectivity index (χ4v) is 6.04. The maximum atomic E-state index is 12.9. The van der Waals surface area contributed by atoms with Gasteiger partial charge in [-0.05, 0) is 43.0 Å². The van der Waals surface area contributed by atoms with Crippen LogP contribution in [-0.2, 0) is 26.0 Å². The number of sulfonamides is 1. The molecule has 1 atom stereocenters. The van der Waals surface area contributed by atoms with Gasteiger partial charge in [-0.2, -0.15) is 0 Å². The molecule has 4 rings (SSSR count). The lowest BCUT2D eigenvalue weighted by Crippen LogP contribution is -2.45. The zero-order valence-electron chi connectivity index (χ0n) is 17.7. The summed E-state index contributed by atoms with van der Waals surface area (Å²) in [5.74, 6) is -0.567. The van der Waals surface area contributed by atoms with E-state index in [1.807, 2.05) is 30.3 Å². The molecule has 7 nitrogen and oxygen atoms in total. The molecular weight excluding hydrogens is 446 g/mol. The number of benzene rings is 2. The second kappa shape index (κ2) is 10.1. The molecule has 1 fully saturated rings. The zero-order chi connectivity index (χ0) is 22.6. The molecule has 9 heteroatoms. The third-order valence-corrected chi connectivity index (χ3v) is 8.41. The number of hydrogen-bond donors (Lipinski definition) is 2. The van der Waals surface area contributed by atoms with E-state index in [1.165, 1.54) is 23.9 Å². The summed E-state index contributed by atoms with van der Waals surface area (Å²) in [5, 5.41) is 1.90. The van der Waals surface area contributed by atoms with Crippen molar-refractivity contribution in [1.29, 1.82) is 0 Å². The number of nitrogens with one attached hydrogen (secondary N) is 2. The van der Waals surface area contributed by atoms with Crippen LogP contribution in [0, 0.1) is 0 Å². The number of fused-ring (bicyclic) bond motifs is 1. The monoisotopic (exact) mass is 473 g/mol. The minimum atomic E-state index is -3.72. The summed E-state index contributed by atoms with van der Waals surface area (Å²) in [6.45, 7) is 1.64. The number of anilines is 1. The van der Waals surface area contributed by atoms with Crippen molar-refractivity contribution in [1.82, 2.24) is 9.62 Å². The van der Waals surface area contributed by atoms with Gasteiger partial charge in [0, 0.05) is 24.5 Å². The molecule has 170 valence electrons. The van der Waals surface area contributed by atoms with E-state index in [0.717, 1.165) is 31.2 Å². The second-order valence-electron chi connectivity index (χ2n) is 8.02. The molecule has 0 radical (unpaired) electrons. The summed E-state index contributed by atoms with van der Waals surface area (Å²) in [6, 6.07) is 14.3. The normalized spacial score (nSPS) is 19.1. The quantitative estimate of drug-likeness (QED) is 0.629. The molecule has 0 bridgehead atoms. The Morgan fingerprint density at radius 2 is 1.78 bits per heavy atom. The Labute approximate surface area is 193 Å². The van der Waals surface area contributed by atoms with Crippen LogP contribution in [0.3, 0.4) is 0 Å². The molecule has 0 unspecified atom stereocenters. The molecule has 2 N–H and O–H groups in total. The minimum absolute atomic E-state index is 0.0857. The average Bonchev–Trinajstić information content (AvgIpc) is 3.08. The van der Waals surface area contributed by atoms with Crippen molar-refractivity contribution in [3.63, 3.8) is 0 Å². The summed E-state index contributed by atoms with van der Waals surface area (Å²) in [5.41, 5.74) is 1.47. The fraction of sp³-hybridized carbons (Fsp3) is 0.391. The fourth-order valence-electron chi connectivity index (χ4n) is 3.93. The highest BCUT2D eigenvalue weighted by Gasteiger charge is 2.36. The van der Waals surface area contributed by atoms with Gasteiger partial charge in [0.1, 0.15) is 0 Å². The molecule has 32 heavy (non-hydrogen) atoms. The highest BCUT2D eigenvalue weighted by atomic mass is 32.2. The van der Waals surface area contributed by atoms with Gasteiger partial charge in [0.2, 0.25) is 21.8 Å². The predicted octanol–water partition coefficient (Wildman–Crippen LogP) is 3.02. The molecule has 2 heterocycles. The number of nitrogens with zero attached hydrogens (tertiary/aromatic N) is 1. The second-order valence-corrected chi connectivity index (χ2v) is 10.9. The molecule has 0 aromatic heterocycles. The van der Waals surface area contributed by atoms with Gasteiger partial charge in [-0.25, -0.2) is 13.1 Å². The van der Waals surface area contributed by atoms with Crippen LogP contribution in [0.5, 0.6) is 0 Å². The molecule has 2 amide bonds. The SMILES string of the molecule is O=C1Nc2cc(S(=O)(=O)NCCc3ccccc3)ccc2S[C@H]1C(=O)N1CCCCCC1. The van der Waals surface area contributed by atoms with Gasteiger partial charge in [-0.1, -0.05) is 43.2 Å². The number of rotatable bonds is 6. The summed E-state index contributed by atoms with van der Waals surface area (Å²) in [6.07, 6.45) is 4.71. The van der Waals surface area contributed by atoms with E-state index in [0.29, 0.717) is 30.1 Å². The van der Waals surface area contributed by atoms with Gasteiger partial charge < -0.3 is 10.2 Å². The first-order valence-corrected chi connectivity index (χ1v) is 13.2. The van der Waals surface area contributed by atoms with E-state index in [9.17, 15) is 18.0 Å². The van der Waals surface area contributed by atoms with Crippen molar-refractivity contribution < 1.29 is 18.0 Å². The lowest BCUT2D eigenvalue weighted by atomic mass is 10.2. The molecule has 2 aliphatic heterocycles. The van der Waals surface area contributed by atoms with Crippen LogP contribution in [0.2, 0.25) is 0 Å². The van der Waals surface area contributed by atoms with Crippen LogP contribution in [0.15, 0.2) is 58.3 Å². The summed E-state index contributed by atoms with van der Waals surface area (Å²) in [7, 11) is -3.72. The van der Waals surface area contributed by atoms with Crippen LogP contribution in [0.25, 0.3) is 0 Å². The van der Waals surface area contributed by atoms with Gasteiger partial charge in [0.15, 0.2) is 5.25 Å². The van der Waals surface area contributed by atoms with E-state index in [-0.39, 0.29) is 17.3 Å². The largest absolute Gasteiger partial charge is 0.341 e. The van der Waals surface area contributed by atoms with Crippen LogP contribution >= 0.6 is 11.8 Å². The third-order valence-electron chi connectivity index (χ3n) is 5.69. The maximum Gasteiger partial charge on any atom is 0.247 e. The van der Waals surface area contributed by atoms with Gasteiger partial charge in [0.25, 0.3) is 0 Å². The number of amides is 2.